The molecule has 2 rings (SSSR count). The average Bonchev–Trinajstić information content (AvgIpc) is 2.28. The minimum absolute atomic E-state index is 0.377. The highest BCUT2D eigenvalue weighted by Crippen LogP contribution is 2.23. The summed E-state index contributed by atoms with van der Waals surface area (Å²) < 4.78 is 39.4. The van der Waals surface area contributed by atoms with Crippen LogP contribution in [0, 0.1) is 17.5 Å². The van der Waals surface area contributed by atoms with Gasteiger partial charge >= 0.3 is 0 Å². The summed E-state index contributed by atoms with van der Waals surface area (Å²) in [6.45, 7) is 0. The largest absolute Gasteiger partial charge is 0.309 e. The van der Waals surface area contributed by atoms with E-state index in [2.05, 4.69) is 10.3 Å². The normalized spacial score (nSPS) is 12.4. The van der Waals surface area contributed by atoms with E-state index in [-0.39, 0.29) is 0 Å². The maximum atomic E-state index is 13.2. The minimum atomic E-state index is -0.672. The Hall–Kier alpha value is -1.88. The van der Waals surface area contributed by atoms with Crippen molar-refractivity contribution in [1.82, 2.24) is 10.3 Å². The maximum Gasteiger partial charge on any atom is 0.141 e. The second-order valence-corrected chi connectivity index (χ2v) is 3.86. The van der Waals surface area contributed by atoms with Gasteiger partial charge in [0.25, 0.3) is 0 Å². The molecule has 1 aromatic heterocycles. The van der Waals surface area contributed by atoms with Gasteiger partial charge in [-0.3, -0.25) is 4.98 Å². The van der Waals surface area contributed by atoms with Gasteiger partial charge in [0.2, 0.25) is 0 Å². The summed E-state index contributed by atoms with van der Waals surface area (Å²) in [4.78, 5) is 3.72. The molecule has 0 fully saturated rings. The number of hydrogen-bond donors (Lipinski definition) is 1. The van der Waals surface area contributed by atoms with Crippen molar-refractivity contribution < 1.29 is 13.2 Å². The highest BCUT2D eigenvalue weighted by molar-refractivity contribution is 5.31. The standard InChI is InChI=1S/C13H11F3N2/c1-17-13(9-4-12(16)7-18-6-9)8-2-10(14)5-11(15)3-8/h2-7,13,17H,1H3. The van der Waals surface area contributed by atoms with Crippen LogP contribution in [0.15, 0.2) is 36.7 Å². The molecule has 1 aromatic carbocycles. The van der Waals surface area contributed by atoms with Crippen molar-refractivity contribution >= 4 is 0 Å². The maximum absolute atomic E-state index is 13.2. The Morgan fingerprint density at radius 1 is 0.889 bits per heavy atom. The van der Waals surface area contributed by atoms with Crippen LogP contribution in [0.2, 0.25) is 0 Å². The van der Waals surface area contributed by atoms with E-state index in [1.807, 2.05) is 0 Å². The van der Waals surface area contributed by atoms with Gasteiger partial charge in [-0.25, -0.2) is 13.2 Å². The fourth-order valence-corrected chi connectivity index (χ4v) is 1.85. The van der Waals surface area contributed by atoms with E-state index in [4.69, 9.17) is 0 Å². The second-order valence-electron chi connectivity index (χ2n) is 3.86. The van der Waals surface area contributed by atoms with Crippen molar-refractivity contribution in [2.24, 2.45) is 0 Å². The van der Waals surface area contributed by atoms with Gasteiger partial charge in [0.1, 0.15) is 17.5 Å². The van der Waals surface area contributed by atoms with E-state index in [1.54, 1.807) is 7.05 Å². The lowest BCUT2D eigenvalue weighted by Crippen LogP contribution is -2.18. The number of aromatic nitrogens is 1. The van der Waals surface area contributed by atoms with Gasteiger partial charge in [-0.05, 0) is 36.4 Å². The molecule has 0 saturated carbocycles. The zero-order chi connectivity index (χ0) is 13.1. The molecule has 1 N–H and O–H groups in total. The first-order chi connectivity index (χ1) is 8.60. The molecule has 94 valence electrons. The van der Waals surface area contributed by atoms with Crippen LogP contribution in [-0.2, 0) is 0 Å². The Kier molecular flexibility index (Phi) is 3.62. The lowest BCUT2D eigenvalue weighted by Gasteiger charge is -2.17. The van der Waals surface area contributed by atoms with Crippen molar-refractivity contribution in [2.45, 2.75) is 6.04 Å². The Bertz CT molecular complexity index is 537. The highest BCUT2D eigenvalue weighted by atomic mass is 19.1. The van der Waals surface area contributed by atoms with Gasteiger partial charge in [0.05, 0.1) is 12.2 Å². The van der Waals surface area contributed by atoms with Crippen LogP contribution >= 0.6 is 0 Å². The summed E-state index contributed by atoms with van der Waals surface area (Å²) in [7, 11) is 1.62. The van der Waals surface area contributed by atoms with E-state index >= 15 is 0 Å². The molecule has 0 aliphatic heterocycles. The third-order valence-electron chi connectivity index (χ3n) is 2.57. The van der Waals surface area contributed by atoms with Crippen molar-refractivity contribution in [2.75, 3.05) is 7.05 Å². The first-order valence-electron chi connectivity index (χ1n) is 5.34. The lowest BCUT2D eigenvalue weighted by molar-refractivity contribution is 0.570. The lowest BCUT2D eigenvalue weighted by atomic mass is 10.00. The van der Waals surface area contributed by atoms with Crippen LogP contribution < -0.4 is 5.32 Å². The predicted octanol–water partition coefficient (Wildman–Crippen LogP) is 2.81. The molecule has 2 aromatic rings. The van der Waals surface area contributed by atoms with Crippen LogP contribution in [0.3, 0.4) is 0 Å². The minimum Gasteiger partial charge on any atom is -0.309 e. The first kappa shape index (κ1) is 12.6. The Morgan fingerprint density at radius 2 is 1.50 bits per heavy atom. The fraction of sp³-hybridized carbons (Fsp3) is 0.154. The van der Waals surface area contributed by atoms with Crippen LogP contribution in [0.1, 0.15) is 17.2 Å². The molecule has 1 atom stereocenters. The summed E-state index contributed by atoms with van der Waals surface area (Å²) in [5.74, 6) is -1.84. The molecule has 5 heteroatoms. The SMILES string of the molecule is CNC(c1cncc(F)c1)c1cc(F)cc(F)c1. The zero-order valence-electron chi connectivity index (χ0n) is 9.62. The van der Waals surface area contributed by atoms with Crippen molar-refractivity contribution in [3.8, 4) is 0 Å². The molecule has 1 heterocycles. The van der Waals surface area contributed by atoms with Gasteiger partial charge in [0.15, 0.2) is 0 Å². The topological polar surface area (TPSA) is 24.9 Å². The van der Waals surface area contributed by atoms with Crippen LogP contribution in [0.25, 0.3) is 0 Å². The molecule has 0 saturated heterocycles. The Balaban J connectivity index is 2.45. The summed E-state index contributed by atoms with van der Waals surface area (Å²) in [6.07, 6.45) is 2.52. The van der Waals surface area contributed by atoms with E-state index in [0.29, 0.717) is 11.1 Å². The molecule has 0 spiro atoms. The van der Waals surface area contributed by atoms with Crippen molar-refractivity contribution in [3.05, 3.63) is 65.2 Å². The molecule has 0 aliphatic carbocycles. The quantitative estimate of drug-likeness (QED) is 0.908. The third-order valence-corrected chi connectivity index (χ3v) is 2.57. The van der Waals surface area contributed by atoms with Crippen LogP contribution in [0.5, 0.6) is 0 Å². The van der Waals surface area contributed by atoms with E-state index in [9.17, 15) is 13.2 Å². The number of halogens is 3. The van der Waals surface area contributed by atoms with Crippen molar-refractivity contribution in [1.29, 1.82) is 0 Å². The predicted molar refractivity (Wildman–Crippen MR) is 61.5 cm³/mol. The van der Waals surface area contributed by atoms with E-state index in [1.165, 1.54) is 24.4 Å². The highest BCUT2D eigenvalue weighted by Gasteiger charge is 2.15. The molecule has 1 unspecified atom stereocenters. The molecular formula is C13H11F3N2. The van der Waals surface area contributed by atoms with Crippen LogP contribution in [0.4, 0.5) is 13.2 Å². The number of pyridine rings is 1. The van der Waals surface area contributed by atoms with Gasteiger partial charge in [-0.1, -0.05) is 0 Å². The summed E-state index contributed by atoms with van der Waals surface area (Å²) in [6, 6.07) is 3.96. The van der Waals surface area contributed by atoms with Crippen molar-refractivity contribution in [3.63, 3.8) is 0 Å². The number of rotatable bonds is 3. The molecular weight excluding hydrogens is 241 g/mol. The first-order valence-corrected chi connectivity index (χ1v) is 5.34. The average molecular weight is 252 g/mol. The smallest absolute Gasteiger partial charge is 0.141 e. The Morgan fingerprint density at radius 3 is 2.06 bits per heavy atom. The van der Waals surface area contributed by atoms with Gasteiger partial charge in [-0.15, -0.1) is 0 Å². The third kappa shape index (κ3) is 2.68. The molecule has 2 nitrogen and oxygen atoms in total. The summed E-state index contributed by atoms with van der Waals surface area (Å²) in [5.41, 5.74) is 0.880. The molecule has 0 aliphatic rings. The van der Waals surface area contributed by atoms with Crippen LogP contribution in [-0.4, -0.2) is 12.0 Å². The number of nitrogens with zero attached hydrogens (tertiary/aromatic N) is 1. The molecule has 18 heavy (non-hydrogen) atoms. The monoisotopic (exact) mass is 252 g/mol. The number of benzene rings is 1. The zero-order valence-corrected chi connectivity index (χ0v) is 9.62. The molecule has 0 bridgehead atoms. The van der Waals surface area contributed by atoms with E-state index < -0.39 is 23.5 Å². The summed E-state index contributed by atoms with van der Waals surface area (Å²) >= 11 is 0. The second kappa shape index (κ2) is 5.18. The van der Waals surface area contributed by atoms with Gasteiger partial charge < -0.3 is 5.32 Å². The number of hydrogen-bond acceptors (Lipinski definition) is 2. The number of nitrogens with one attached hydrogen (secondary N) is 1. The van der Waals surface area contributed by atoms with E-state index in [0.717, 1.165) is 12.3 Å². The van der Waals surface area contributed by atoms with Gasteiger partial charge in [-0.2, -0.15) is 0 Å². The Labute approximate surface area is 102 Å². The van der Waals surface area contributed by atoms with Gasteiger partial charge in [0, 0.05) is 12.3 Å². The fourth-order valence-electron chi connectivity index (χ4n) is 1.85. The molecule has 0 amide bonds. The molecule has 0 radical (unpaired) electrons. The summed E-state index contributed by atoms with van der Waals surface area (Å²) in [5, 5.41) is 2.88.